The molecule has 0 N–H and O–H groups in total. The number of hydrogen-bond acceptors (Lipinski definition) is 4. The molecular formula is C16H20BrF3N2O4S. The molecular weight excluding hydrogens is 453 g/mol. The Kier molecular flexibility index (Phi) is 5.75. The lowest BCUT2D eigenvalue weighted by Gasteiger charge is -2.51. The number of piperazine rings is 1. The third-order valence-electron chi connectivity index (χ3n) is 4.97. The monoisotopic (exact) mass is 472 g/mol. The van der Waals surface area contributed by atoms with Gasteiger partial charge in [-0.1, -0.05) is 0 Å². The molecule has 1 aromatic rings. The van der Waals surface area contributed by atoms with Gasteiger partial charge in [0.05, 0.1) is 42.2 Å². The van der Waals surface area contributed by atoms with Crippen molar-refractivity contribution in [2.24, 2.45) is 0 Å². The molecule has 0 aromatic heterocycles. The minimum Gasteiger partial charge on any atom is -0.498 e. The maximum atomic E-state index is 13.0. The zero-order valence-corrected chi connectivity index (χ0v) is 17.4. The van der Waals surface area contributed by atoms with Gasteiger partial charge in [0.2, 0.25) is 10.0 Å². The molecule has 0 aliphatic carbocycles. The van der Waals surface area contributed by atoms with E-state index in [1.165, 1.54) is 0 Å². The maximum absolute atomic E-state index is 13.0. The minimum absolute atomic E-state index is 0.0116. The molecule has 1 amide bonds. The van der Waals surface area contributed by atoms with Crippen LogP contribution in [0.2, 0.25) is 0 Å². The predicted octanol–water partition coefficient (Wildman–Crippen LogP) is 2.43. The maximum Gasteiger partial charge on any atom is 0.416 e. The SMILES string of the molecule is CC(C)(C)[N+]1(C(=O)[O-])CCN(S(=O)(=O)c2cc(C(F)(F)F)ccc2Br)CC1. The highest BCUT2D eigenvalue weighted by atomic mass is 79.9. The van der Waals surface area contributed by atoms with Crippen LogP contribution in [-0.2, 0) is 16.2 Å². The Morgan fingerprint density at radius 1 is 1.19 bits per heavy atom. The number of amides is 1. The second-order valence-electron chi connectivity index (χ2n) is 7.40. The van der Waals surface area contributed by atoms with Crippen LogP contribution in [0.5, 0.6) is 0 Å². The van der Waals surface area contributed by atoms with Crippen molar-refractivity contribution >= 4 is 32.0 Å². The van der Waals surface area contributed by atoms with E-state index in [0.717, 1.165) is 16.4 Å². The van der Waals surface area contributed by atoms with Crippen LogP contribution in [0.1, 0.15) is 26.3 Å². The van der Waals surface area contributed by atoms with E-state index in [-0.39, 0.29) is 30.7 Å². The molecule has 1 heterocycles. The number of alkyl halides is 3. The minimum atomic E-state index is -4.68. The fraction of sp³-hybridized carbons (Fsp3) is 0.562. The molecule has 1 fully saturated rings. The topological polar surface area (TPSA) is 77.5 Å². The van der Waals surface area contributed by atoms with Crippen molar-refractivity contribution in [3.8, 4) is 0 Å². The lowest BCUT2D eigenvalue weighted by atomic mass is 10.0. The molecule has 0 unspecified atom stereocenters. The fourth-order valence-electron chi connectivity index (χ4n) is 3.17. The Morgan fingerprint density at radius 2 is 1.70 bits per heavy atom. The van der Waals surface area contributed by atoms with Crippen LogP contribution < -0.4 is 5.11 Å². The van der Waals surface area contributed by atoms with E-state index >= 15 is 0 Å². The van der Waals surface area contributed by atoms with Crippen LogP contribution in [0.4, 0.5) is 18.0 Å². The highest BCUT2D eigenvalue weighted by Gasteiger charge is 2.47. The van der Waals surface area contributed by atoms with Gasteiger partial charge < -0.3 is 9.90 Å². The molecule has 1 aromatic carbocycles. The van der Waals surface area contributed by atoms with E-state index in [9.17, 15) is 31.5 Å². The number of carbonyl (C=O) groups excluding carboxylic acids is 1. The van der Waals surface area contributed by atoms with Gasteiger partial charge in [0.15, 0.2) is 0 Å². The number of hydrogen-bond donors (Lipinski definition) is 0. The number of quaternary nitrogens is 1. The zero-order valence-electron chi connectivity index (χ0n) is 15.0. The number of carboxylic acid groups (broad SMARTS) is 1. The highest BCUT2D eigenvalue weighted by Crippen LogP contribution is 2.35. The average Bonchev–Trinajstić information content (AvgIpc) is 2.52. The lowest BCUT2D eigenvalue weighted by molar-refractivity contribution is -0.922. The summed E-state index contributed by atoms with van der Waals surface area (Å²) >= 11 is 3.00. The van der Waals surface area contributed by atoms with Crippen LogP contribution >= 0.6 is 15.9 Å². The van der Waals surface area contributed by atoms with Crippen LogP contribution in [0.15, 0.2) is 27.6 Å². The van der Waals surface area contributed by atoms with Gasteiger partial charge in [-0.2, -0.15) is 17.5 Å². The molecule has 0 bridgehead atoms. The molecule has 1 aliphatic heterocycles. The van der Waals surface area contributed by atoms with Crippen molar-refractivity contribution in [1.82, 2.24) is 4.31 Å². The molecule has 11 heteroatoms. The first kappa shape index (κ1) is 22.1. The molecule has 6 nitrogen and oxygen atoms in total. The van der Waals surface area contributed by atoms with Gasteiger partial charge in [0.1, 0.15) is 0 Å². The number of sulfonamides is 1. The number of carbonyl (C=O) groups is 1. The van der Waals surface area contributed by atoms with Gasteiger partial charge in [-0.25, -0.2) is 8.42 Å². The Morgan fingerprint density at radius 3 is 2.11 bits per heavy atom. The van der Waals surface area contributed by atoms with Gasteiger partial charge in [0, 0.05) is 4.47 Å². The number of halogens is 4. The third kappa shape index (κ3) is 4.01. The molecule has 0 saturated carbocycles. The summed E-state index contributed by atoms with van der Waals surface area (Å²) in [6, 6.07) is 2.41. The standard InChI is InChI=1S/C16H20BrF3N2O4S/c1-15(2,3)22(14(23)24)8-6-21(7-9-22)27(25,26)13-10-11(16(18,19)20)4-5-12(13)17/h4-5,10H,6-9H2,1-3H3. The number of benzene rings is 1. The van der Waals surface area contributed by atoms with Crippen molar-refractivity contribution in [1.29, 1.82) is 0 Å². The Hall–Kier alpha value is -1.17. The van der Waals surface area contributed by atoms with Crippen molar-refractivity contribution in [3.05, 3.63) is 28.2 Å². The van der Waals surface area contributed by atoms with Crippen LogP contribution in [-0.4, -0.2) is 55.0 Å². The summed E-state index contributed by atoms with van der Waals surface area (Å²) in [5, 5.41) is 11.7. The lowest BCUT2D eigenvalue weighted by Crippen LogP contribution is -2.73. The van der Waals surface area contributed by atoms with Gasteiger partial charge in [-0.3, -0.25) is 4.48 Å². The van der Waals surface area contributed by atoms with E-state index < -0.39 is 42.8 Å². The molecule has 0 radical (unpaired) electrons. The smallest absolute Gasteiger partial charge is 0.416 e. The molecule has 152 valence electrons. The zero-order chi connectivity index (χ0) is 20.8. The van der Waals surface area contributed by atoms with E-state index in [0.29, 0.717) is 6.07 Å². The second kappa shape index (κ2) is 7.02. The van der Waals surface area contributed by atoms with Crippen molar-refractivity contribution in [3.63, 3.8) is 0 Å². The molecule has 0 spiro atoms. The summed E-state index contributed by atoms with van der Waals surface area (Å²) < 4.78 is 65.2. The largest absolute Gasteiger partial charge is 0.498 e. The molecule has 27 heavy (non-hydrogen) atoms. The highest BCUT2D eigenvalue weighted by molar-refractivity contribution is 9.10. The molecule has 0 atom stereocenters. The van der Waals surface area contributed by atoms with Gasteiger partial charge in [0.25, 0.3) is 6.09 Å². The van der Waals surface area contributed by atoms with E-state index in [1.807, 2.05) is 0 Å². The number of nitrogens with zero attached hydrogens (tertiary/aromatic N) is 2. The first-order valence-corrected chi connectivity index (χ1v) is 10.3. The Labute approximate surface area is 164 Å². The normalized spacial score (nSPS) is 19.1. The third-order valence-corrected chi connectivity index (χ3v) is 7.86. The summed E-state index contributed by atoms with van der Waals surface area (Å²) in [7, 11) is -4.23. The fourth-order valence-corrected chi connectivity index (χ4v) is 5.55. The molecule has 1 aliphatic rings. The van der Waals surface area contributed by atoms with E-state index in [4.69, 9.17) is 0 Å². The Bertz CT molecular complexity index is 842. The second-order valence-corrected chi connectivity index (χ2v) is 10.2. The first-order chi connectivity index (χ1) is 12.1. The molecule has 1 saturated heterocycles. The quantitative estimate of drug-likeness (QED) is 0.619. The summed E-state index contributed by atoms with van der Waals surface area (Å²) in [6.45, 7) is 4.79. The summed E-state index contributed by atoms with van der Waals surface area (Å²) in [4.78, 5) is 11.2. The van der Waals surface area contributed by atoms with Crippen LogP contribution in [0, 0.1) is 0 Å². The van der Waals surface area contributed by atoms with Gasteiger partial charge in [-0.15, -0.1) is 0 Å². The summed E-state index contributed by atoms with van der Waals surface area (Å²) in [5.74, 6) is 0. The van der Waals surface area contributed by atoms with Crippen LogP contribution in [0.25, 0.3) is 0 Å². The van der Waals surface area contributed by atoms with E-state index in [2.05, 4.69) is 15.9 Å². The van der Waals surface area contributed by atoms with Crippen molar-refractivity contribution < 1.29 is 36.0 Å². The van der Waals surface area contributed by atoms with Crippen molar-refractivity contribution in [2.75, 3.05) is 26.2 Å². The van der Waals surface area contributed by atoms with Crippen LogP contribution in [0.3, 0.4) is 0 Å². The van der Waals surface area contributed by atoms with Gasteiger partial charge >= 0.3 is 6.18 Å². The first-order valence-electron chi connectivity index (χ1n) is 8.08. The summed E-state index contributed by atoms with van der Waals surface area (Å²) in [5.41, 5.74) is -1.79. The summed E-state index contributed by atoms with van der Waals surface area (Å²) in [6.07, 6.45) is -5.99. The average molecular weight is 473 g/mol. The Balaban J connectivity index is 2.37. The van der Waals surface area contributed by atoms with Crippen molar-refractivity contribution in [2.45, 2.75) is 37.4 Å². The predicted molar refractivity (Wildman–Crippen MR) is 93.0 cm³/mol. The number of rotatable bonds is 2. The van der Waals surface area contributed by atoms with E-state index in [1.54, 1.807) is 20.8 Å². The molecule has 2 rings (SSSR count). The van der Waals surface area contributed by atoms with Gasteiger partial charge in [-0.05, 0) is 54.9 Å².